The molecule has 0 unspecified atom stereocenters. The van der Waals surface area contributed by atoms with Gasteiger partial charge in [0.2, 0.25) is 0 Å². The summed E-state index contributed by atoms with van der Waals surface area (Å²) in [6.07, 6.45) is 4.01. The summed E-state index contributed by atoms with van der Waals surface area (Å²) in [7, 11) is 1.61. The highest BCUT2D eigenvalue weighted by Crippen LogP contribution is 2.38. The van der Waals surface area contributed by atoms with Gasteiger partial charge in [0.25, 0.3) is 11.8 Å². The van der Waals surface area contributed by atoms with Crippen LogP contribution in [0, 0.1) is 0 Å². The number of tetrazole rings is 1. The Bertz CT molecular complexity index is 1070. The van der Waals surface area contributed by atoms with Crippen molar-refractivity contribution in [2.24, 2.45) is 0 Å². The molecule has 2 heterocycles. The fourth-order valence-electron chi connectivity index (χ4n) is 3.62. The van der Waals surface area contributed by atoms with Crippen molar-refractivity contribution in [1.29, 1.82) is 0 Å². The van der Waals surface area contributed by atoms with E-state index in [1.807, 2.05) is 13.0 Å². The summed E-state index contributed by atoms with van der Waals surface area (Å²) in [6, 6.07) is 7.18. The van der Waals surface area contributed by atoms with Crippen molar-refractivity contribution in [1.82, 2.24) is 25.5 Å². The van der Waals surface area contributed by atoms with Gasteiger partial charge in [0, 0.05) is 29.6 Å². The zero-order chi connectivity index (χ0) is 20.4. The molecule has 2 N–H and O–H groups in total. The Hall–Kier alpha value is -3.07. The van der Waals surface area contributed by atoms with Crippen molar-refractivity contribution in [3.63, 3.8) is 0 Å². The molecule has 0 spiro atoms. The third kappa shape index (κ3) is 3.65. The highest BCUT2D eigenvalue weighted by Gasteiger charge is 2.26. The minimum Gasteiger partial charge on any atom is -0.355 e. The van der Waals surface area contributed by atoms with Gasteiger partial charge in [-0.05, 0) is 60.7 Å². The van der Waals surface area contributed by atoms with Crippen LogP contribution in [-0.2, 0) is 19.4 Å². The fraction of sp³-hybridized carbons (Fsp3) is 0.350. The molecule has 0 radical (unpaired) electrons. The quantitative estimate of drug-likeness (QED) is 0.673. The van der Waals surface area contributed by atoms with Crippen molar-refractivity contribution in [2.75, 3.05) is 12.4 Å². The van der Waals surface area contributed by atoms with Crippen LogP contribution in [0.4, 0.5) is 5.00 Å². The Morgan fingerprint density at radius 1 is 1.21 bits per heavy atom. The Morgan fingerprint density at radius 2 is 2.03 bits per heavy atom. The lowest BCUT2D eigenvalue weighted by Gasteiger charge is -2.12. The standard InChI is InChI=1S/C20H22N6O2S/c1-3-26-17(23-24-25-26)12-7-6-8-13(11-12)18(27)22-20-16(19(28)21-2)14-9-4-5-10-15(14)29-20/h6-8,11H,3-5,9-10H2,1-2H3,(H,21,28)(H,22,27). The van der Waals surface area contributed by atoms with E-state index in [1.54, 1.807) is 29.9 Å². The molecule has 9 heteroatoms. The summed E-state index contributed by atoms with van der Waals surface area (Å²) < 4.78 is 1.67. The van der Waals surface area contributed by atoms with Gasteiger partial charge in [-0.25, -0.2) is 4.68 Å². The number of hydrogen-bond donors (Lipinski definition) is 2. The normalized spacial score (nSPS) is 13.0. The van der Waals surface area contributed by atoms with E-state index < -0.39 is 0 Å². The average molecular weight is 411 g/mol. The molecule has 1 aliphatic rings. The van der Waals surface area contributed by atoms with Crippen LogP contribution in [0.5, 0.6) is 0 Å². The number of amides is 2. The fourth-order valence-corrected chi connectivity index (χ4v) is 4.90. The first-order valence-corrected chi connectivity index (χ1v) is 10.5. The summed E-state index contributed by atoms with van der Waals surface area (Å²) in [6.45, 7) is 2.59. The Labute approximate surface area is 172 Å². The molecular weight excluding hydrogens is 388 g/mol. The second kappa shape index (κ2) is 8.12. The molecule has 0 saturated carbocycles. The number of benzene rings is 1. The number of fused-ring (bicyclic) bond motifs is 1. The number of aryl methyl sites for hydroxylation is 2. The zero-order valence-corrected chi connectivity index (χ0v) is 17.2. The van der Waals surface area contributed by atoms with Gasteiger partial charge in [0.15, 0.2) is 5.82 Å². The van der Waals surface area contributed by atoms with E-state index >= 15 is 0 Å². The Kier molecular flexibility index (Phi) is 5.39. The first-order valence-electron chi connectivity index (χ1n) is 9.67. The van der Waals surface area contributed by atoms with Gasteiger partial charge in [-0.1, -0.05) is 12.1 Å². The number of rotatable bonds is 5. The van der Waals surface area contributed by atoms with Crippen molar-refractivity contribution < 1.29 is 9.59 Å². The number of nitrogens with zero attached hydrogens (tertiary/aromatic N) is 4. The minimum absolute atomic E-state index is 0.157. The molecule has 0 atom stereocenters. The van der Waals surface area contributed by atoms with Gasteiger partial charge in [0.05, 0.1) is 5.56 Å². The van der Waals surface area contributed by atoms with Crippen LogP contribution < -0.4 is 10.6 Å². The molecule has 8 nitrogen and oxygen atoms in total. The van der Waals surface area contributed by atoms with Crippen molar-refractivity contribution in [3.8, 4) is 11.4 Å². The number of aromatic nitrogens is 4. The average Bonchev–Trinajstić information content (AvgIpc) is 3.37. The highest BCUT2D eigenvalue weighted by molar-refractivity contribution is 7.17. The first-order chi connectivity index (χ1) is 14.1. The Morgan fingerprint density at radius 3 is 2.83 bits per heavy atom. The zero-order valence-electron chi connectivity index (χ0n) is 16.4. The van der Waals surface area contributed by atoms with Crippen LogP contribution in [0.25, 0.3) is 11.4 Å². The smallest absolute Gasteiger partial charge is 0.256 e. The minimum atomic E-state index is -0.258. The number of carbonyl (C=O) groups is 2. The van der Waals surface area contributed by atoms with Gasteiger partial charge in [-0.3, -0.25) is 9.59 Å². The maximum atomic E-state index is 13.0. The van der Waals surface area contributed by atoms with Crippen molar-refractivity contribution >= 4 is 28.2 Å². The van der Waals surface area contributed by atoms with Gasteiger partial charge >= 0.3 is 0 Å². The molecular formula is C20H22N6O2S. The third-order valence-corrected chi connectivity index (χ3v) is 6.27. The predicted octanol–water partition coefficient (Wildman–Crippen LogP) is 2.91. The van der Waals surface area contributed by atoms with E-state index in [9.17, 15) is 9.59 Å². The summed E-state index contributed by atoms with van der Waals surface area (Å²) >= 11 is 1.51. The molecule has 0 fully saturated rings. The summed E-state index contributed by atoms with van der Waals surface area (Å²) in [5, 5.41) is 18.0. The first kappa shape index (κ1) is 19.3. The van der Waals surface area contributed by atoms with Crippen LogP contribution in [0.3, 0.4) is 0 Å². The van der Waals surface area contributed by atoms with Crippen LogP contribution in [0.1, 0.15) is 50.9 Å². The van der Waals surface area contributed by atoms with E-state index in [2.05, 4.69) is 26.2 Å². The second-order valence-electron chi connectivity index (χ2n) is 6.85. The van der Waals surface area contributed by atoms with Gasteiger partial charge in [0.1, 0.15) is 5.00 Å². The van der Waals surface area contributed by atoms with E-state index in [0.717, 1.165) is 36.8 Å². The van der Waals surface area contributed by atoms with E-state index in [-0.39, 0.29) is 11.8 Å². The largest absolute Gasteiger partial charge is 0.355 e. The van der Waals surface area contributed by atoms with Crippen LogP contribution >= 0.6 is 11.3 Å². The van der Waals surface area contributed by atoms with Gasteiger partial charge < -0.3 is 10.6 Å². The molecule has 2 amide bonds. The molecule has 0 saturated heterocycles. The number of hydrogen-bond acceptors (Lipinski definition) is 6. The monoisotopic (exact) mass is 410 g/mol. The third-order valence-electron chi connectivity index (χ3n) is 5.07. The topological polar surface area (TPSA) is 102 Å². The van der Waals surface area contributed by atoms with Crippen LogP contribution in [0.2, 0.25) is 0 Å². The van der Waals surface area contributed by atoms with E-state index in [4.69, 9.17) is 0 Å². The second-order valence-corrected chi connectivity index (χ2v) is 7.95. The number of thiophene rings is 1. The molecule has 2 aromatic heterocycles. The molecule has 150 valence electrons. The van der Waals surface area contributed by atoms with E-state index in [0.29, 0.717) is 28.5 Å². The van der Waals surface area contributed by atoms with E-state index in [1.165, 1.54) is 16.2 Å². The number of nitrogens with one attached hydrogen (secondary N) is 2. The molecule has 4 rings (SSSR count). The van der Waals surface area contributed by atoms with Gasteiger partial charge in [-0.2, -0.15) is 0 Å². The summed E-state index contributed by atoms with van der Waals surface area (Å²) in [5.74, 6) is 0.196. The maximum absolute atomic E-state index is 13.0. The Balaban J connectivity index is 1.65. The molecule has 1 aromatic carbocycles. The lowest BCUT2D eigenvalue weighted by molar-refractivity contribution is 0.0963. The SMILES string of the molecule is CCn1nnnc1-c1cccc(C(=O)Nc2sc3c(c2C(=O)NC)CCCC3)c1. The lowest BCUT2D eigenvalue weighted by atomic mass is 9.95. The molecule has 29 heavy (non-hydrogen) atoms. The lowest BCUT2D eigenvalue weighted by Crippen LogP contribution is -2.22. The highest BCUT2D eigenvalue weighted by atomic mass is 32.1. The summed E-state index contributed by atoms with van der Waals surface area (Å²) in [4.78, 5) is 26.7. The number of anilines is 1. The molecule has 0 bridgehead atoms. The van der Waals surface area contributed by atoms with Crippen molar-refractivity contribution in [2.45, 2.75) is 39.2 Å². The van der Waals surface area contributed by atoms with Crippen molar-refractivity contribution in [3.05, 3.63) is 45.8 Å². The maximum Gasteiger partial charge on any atom is 0.256 e. The van der Waals surface area contributed by atoms with Crippen LogP contribution in [-0.4, -0.2) is 39.1 Å². The summed E-state index contributed by atoms with van der Waals surface area (Å²) in [5.41, 5.74) is 2.93. The van der Waals surface area contributed by atoms with Crippen LogP contribution in [0.15, 0.2) is 24.3 Å². The number of carbonyl (C=O) groups excluding carboxylic acids is 2. The molecule has 0 aliphatic heterocycles. The van der Waals surface area contributed by atoms with Gasteiger partial charge in [-0.15, -0.1) is 16.4 Å². The predicted molar refractivity (Wildman–Crippen MR) is 111 cm³/mol. The molecule has 3 aromatic rings. The molecule has 1 aliphatic carbocycles.